The summed E-state index contributed by atoms with van der Waals surface area (Å²) in [6.45, 7) is 9.14. The first-order chi connectivity index (χ1) is 14.4. The Kier molecular flexibility index (Phi) is 8.64. The van der Waals surface area contributed by atoms with Gasteiger partial charge in [0, 0.05) is 17.1 Å². The van der Waals surface area contributed by atoms with Crippen molar-refractivity contribution < 1.29 is 14.3 Å². The van der Waals surface area contributed by atoms with Crippen LogP contribution >= 0.6 is 34.8 Å². The van der Waals surface area contributed by atoms with Crippen LogP contribution in [0.1, 0.15) is 38.8 Å². The first kappa shape index (κ1) is 25.3. The second kappa shape index (κ2) is 10.6. The molecule has 1 atom stereocenters. The van der Waals surface area contributed by atoms with Gasteiger partial charge >= 0.3 is 0 Å². The van der Waals surface area contributed by atoms with E-state index in [1.807, 2.05) is 27.7 Å². The van der Waals surface area contributed by atoms with Gasteiger partial charge in [-0.1, -0.05) is 40.9 Å². The number of nitrogens with zero attached hydrogens (tertiary/aromatic N) is 1. The standard InChI is InChI=1S/C23H27Cl3N2O3/c1-14-10-17(7-9-18(14)24)31-13-21(29)28(15(2)22(30)27-23(3,4)5)12-16-6-8-19(25)20(26)11-16/h6-11,15H,12-13H2,1-5H3,(H,27,30)/t15-/m0/s1. The number of halogens is 3. The summed E-state index contributed by atoms with van der Waals surface area (Å²) < 4.78 is 5.67. The van der Waals surface area contributed by atoms with Crippen LogP contribution in [0.4, 0.5) is 0 Å². The van der Waals surface area contributed by atoms with Gasteiger partial charge in [0.05, 0.1) is 10.0 Å². The average molecular weight is 486 g/mol. The molecule has 0 aromatic heterocycles. The van der Waals surface area contributed by atoms with E-state index < -0.39 is 11.6 Å². The van der Waals surface area contributed by atoms with Gasteiger partial charge in [0.25, 0.3) is 5.91 Å². The number of carbonyl (C=O) groups excluding carboxylic acids is 2. The first-order valence-corrected chi connectivity index (χ1v) is 10.9. The van der Waals surface area contributed by atoms with Crippen molar-refractivity contribution in [2.75, 3.05) is 6.61 Å². The fraction of sp³-hybridized carbons (Fsp3) is 0.391. The molecule has 0 radical (unpaired) electrons. The molecule has 0 aliphatic rings. The lowest BCUT2D eigenvalue weighted by Crippen LogP contribution is -2.53. The molecule has 8 heteroatoms. The summed E-state index contributed by atoms with van der Waals surface area (Å²) in [5.41, 5.74) is 1.17. The van der Waals surface area contributed by atoms with Crippen molar-refractivity contribution in [1.82, 2.24) is 10.2 Å². The summed E-state index contributed by atoms with van der Waals surface area (Å²) >= 11 is 18.2. The summed E-state index contributed by atoms with van der Waals surface area (Å²) in [7, 11) is 0. The molecule has 0 spiro atoms. The maximum absolute atomic E-state index is 13.1. The van der Waals surface area contributed by atoms with E-state index in [0.29, 0.717) is 20.8 Å². The average Bonchev–Trinajstić information content (AvgIpc) is 2.67. The molecule has 0 fully saturated rings. The number of aryl methyl sites for hydroxylation is 1. The van der Waals surface area contributed by atoms with E-state index in [1.165, 1.54) is 4.90 Å². The van der Waals surface area contributed by atoms with E-state index in [-0.39, 0.29) is 25.0 Å². The van der Waals surface area contributed by atoms with E-state index in [4.69, 9.17) is 39.5 Å². The van der Waals surface area contributed by atoms with Gasteiger partial charge in [-0.25, -0.2) is 0 Å². The Morgan fingerprint density at radius 3 is 2.26 bits per heavy atom. The molecule has 2 aromatic carbocycles. The molecule has 31 heavy (non-hydrogen) atoms. The summed E-state index contributed by atoms with van der Waals surface area (Å²) in [6.07, 6.45) is 0. The van der Waals surface area contributed by atoms with Crippen molar-refractivity contribution in [3.63, 3.8) is 0 Å². The van der Waals surface area contributed by atoms with Crippen LogP contribution in [0.2, 0.25) is 15.1 Å². The van der Waals surface area contributed by atoms with Crippen molar-refractivity contribution in [3.05, 3.63) is 62.6 Å². The van der Waals surface area contributed by atoms with Crippen molar-refractivity contribution in [1.29, 1.82) is 0 Å². The fourth-order valence-electron chi connectivity index (χ4n) is 2.83. The summed E-state index contributed by atoms with van der Waals surface area (Å²) in [5, 5.41) is 4.33. The Morgan fingerprint density at radius 1 is 1.03 bits per heavy atom. The second-order valence-electron chi connectivity index (χ2n) is 8.38. The van der Waals surface area contributed by atoms with Crippen molar-refractivity contribution in [2.45, 2.75) is 52.7 Å². The first-order valence-electron chi connectivity index (χ1n) is 9.82. The van der Waals surface area contributed by atoms with Gasteiger partial charge in [-0.3, -0.25) is 9.59 Å². The summed E-state index contributed by atoms with van der Waals surface area (Å²) in [6, 6.07) is 9.56. The maximum atomic E-state index is 13.1. The van der Waals surface area contributed by atoms with Crippen LogP contribution in [0.25, 0.3) is 0 Å². The third-order valence-electron chi connectivity index (χ3n) is 4.49. The number of nitrogens with one attached hydrogen (secondary N) is 1. The Bertz CT molecular complexity index is 958. The highest BCUT2D eigenvalue weighted by molar-refractivity contribution is 6.42. The highest BCUT2D eigenvalue weighted by Crippen LogP contribution is 2.24. The molecule has 0 bridgehead atoms. The minimum Gasteiger partial charge on any atom is -0.484 e. The van der Waals surface area contributed by atoms with Crippen LogP contribution < -0.4 is 10.1 Å². The molecule has 0 saturated heterocycles. The third kappa shape index (κ3) is 7.60. The Labute approximate surface area is 198 Å². The summed E-state index contributed by atoms with van der Waals surface area (Å²) in [4.78, 5) is 27.3. The van der Waals surface area contributed by atoms with E-state index >= 15 is 0 Å². The van der Waals surface area contributed by atoms with Crippen molar-refractivity contribution in [2.24, 2.45) is 0 Å². The van der Waals surface area contributed by atoms with E-state index in [9.17, 15) is 9.59 Å². The monoisotopic (exact) mass is 484 g/mol. The van der Waals surface area contributed by atoms with Gasteiger partial charge in [-0.15, -0.1) is 0 Å². The van der Waals surface area contributed by atoms with Gasteiger partial charge < -0.3 is 15.0 Å². The van der Waals surface area contributed by atoms with Gasteiger partial charge in [0.1, 0.15) is 11.8 Å². The van der Waals surface area contributed by atoms with Gasteiger partial charge in [0.15, 0.2) is 6.61 Å². The number of hydrogen-bond acceptors (Lipinski definition) is 3. The zero-order valence-electron chi connectivity index (χ0n) is 18.3. The fourth-order valence-corrected chi connectivity index (χ4v) is 3.26. The third-order valence-corrected chi connectivity index (χ3v) is 5.66. The van der Waals surface area contributed by atoms with E-state index in [2.05, 4.69) is 5.32 Å². The van der Waals surface area contributed by atoms with Crippen LogP contribution in [-0.2, 0) is 16.1 Å². The van der Waals surface area contributed by atoms with Gasteiger partial charge in [0.2, 0.25) is 5.91 Å². The highest BCUT2D eigenvalue weighted by Gasteiger charge is 2.28. The molecule has 2 amide bonds. The second-order valence-corrected chi connectivity index (χ2v) is 9.61. The lowest BCUT2D eigenvalue weighted by molar-refractivity contribution is -0.142. The topological polar surface area (TPSA) is 58.6 Å². The number of rotatable bonds is 7. The molecule has 0 unspecified atom stereocenters. The van der Waals surface area contributed by atoms with Crippen LogP contribution in [-0.4, -0.2) is 34.9 Å². The number of carbonyl (C=O) groups is 2. The van der Waals surface area contributed by atoms with Crippen molar-refractivity contribution >= 4 is 46.6 Å². The quantitative estimate of drug-likeness (QED) is 0.550. The molecule has 0 aliphatic heterocycles. The predicted molar refractivity (Wildman–Crippen MR) is 126 cm³/mol. The molecular formula is C23H27Cl3N2O3. The molecule has 2 aromatic rings. The molecule has 0 saturated carbocycles. The lowest BCUT2D eigenvalue weighted by Gasteiger charge is -2.31. The number of hydrogen-bond donors (Lipinski definition) is 1. The summed E-state index contributed by atoms with van der Waals surface area (Å²) in [5.74, 6) is -0.0741. The highest BCUT2D eigenvalue weighted by atomic mass is 35.5. The smallest absolute Gasteiger partial charge is 0.261 e. The Balaban J connectivity index is 2.21. The van der Waals surface area contributed by atoms with E-state index in [0.717, 1.165) is 11.1 Å². The molecule has 5 nitrogen and oxygen atoms in total. The zero-order chi connectivity index (χ0) is 23.3. The molecule has 0 heterocycles. The number of ether oxygens (including phenoxy) is 1. The zero-order valence-corrected chi connectivity index (χ0v) is 20.5. The van der Waals surface area contributed by atoms with E-state index in [1.54, 1.807) is 43.3 Å². The minimum atomic E-state index is -0.725. The molecule has 168 valence electrons. The molecule has 0 aliphatic carbocycles. The van der Waals surface area contributed by atoms with Gasteiger partial charge in [-0.05, 0) is 76.1 Å². The van der Waals surface area contributed by atoms with Crippen molar-refractivity contribution in [3.8, 4) is 5.75 Å². The minimum absolute atomic E-state index is 0.178. The van der Waals surface area contributed by atoms with Crippen LogP contribution in [0.5, 0.6) is 5.75 Å². The van der Waals surface area contributed by atoms with Gasteiger partial charge in [-0.2, -0.15) is 0 Å². The van der Waals surface area contributed by atoms with Crippen LogP contribution in [0.15, 0.2) is 36.4 Å². The molecular weight excluding hydrogens is 459 g/mol. The molecule has 2 rings (SSSR count). The Hall–Kier alpha value is -1.95. The van der Waals surface area contributed by atoms with Crippen LogP contribution in [0, 0.1) is 6.92 Å². The number of amides is 2. The Morgan fingerprint density at radius 2 is 1.68 bits per heavy atom. The van der Waals surface area contributed by atoms with Crippen LogP contribution in [0.3, 0.4) is 0 Å². The largest absolute Gasteiger partial charge is 0.484 e. The lowest BCUT2D eigenvalue weighted by atomic mass is 10.1. The molecule has 1 N–H and O–H groups in total. The maximum Gasteiger partial charge on any atom is 0.261 e. The SMILES string of the molecule is Cc1cc(OCC(=O)N(Cc2ccc(Cl)c(Cl)c2)[C@@H](C)C(=O)NC(C)(C)C)ccc1Cl. The predicted octanol–water partition coefficient (Wildman–Crippen LogP) is 5.67. The number of benzene rings is 2. The normalized spacial score (nSPS) is 12.3.